The van der Waals surface area contributed by atoms with Crippen LogP contribution in [0.2, 0.25) is 0 Å². The second kappa shape index (κ2) is 8.30. The van der Waals surface area contributed by atoms with E-state index in [9.17, 15) is 23.4 Å². The van der Waals surface area contributed by atoms with Gasteiger partial charge in [-0.2, -0.15) is 5.10 Å². The number of ether oxygens (including phenoxy) is 1. The van der Waals surface area contributed by atoms with Crippen molar-refractivity contribution in [3.05, 3.63) is 58.3 Å². The number of fused-ring (bicyclic) bond motifs is 1. The van der Waals surface area contributed by atoms with Crippen molar-refractivity contribution in [2.24, 2.45) is 0 Å². The Kier molecular flexibility index (Phi) is 5.51. The molecule has 0 spiro atoms. The van der Waals surface area contributed by atoms with Crippen molar-refractivity contribution in [1.82, 2.24) is 15.1 Å². The minimum atomic E-state index is -3.26. The van der Waals surface area contributed by atoms with Gasteiger partial charge in [0, 0.05) is 17.2 Å². The molecule has 10 heteroatoms. The monoisotopic (exact) mass is 497 g/mol. The number of phenolic OH excluding ortho intramolecular Hbond substituents is 2. The van der Waals surface area contributed by atoms with Gasteiger partial charge in [-0.25, -0.2) is 8.42 Å². The van der Waals surface area contributed by atoms with Crippen LogP contribution in [0.4, 0.5) is 0 Å². The van der Waals surface area contributed by atoms with Crippen molar-refractivity contribution in [1.29, 1.82) is 0 Å². The van der Waals surface area contributed by atoms with Crippen LogP contribution in [-0.4, -0.2) is 63.8 Å². The third-order valence-corrected chi connectivity index (χ3v) is 8.46. The summed E-state index contributed by atoms with van der Waals surface area (Å²) in [6.07, 6.45) is 0.336. The maximum atomic E-state index is 13.6. The normalized spacial score (nSPS) is 20.9. The summed E-state index contributed by atoms with van der Waals surface area (Å²) in [7, 11) is -3.26. The van der Waals surface area contributed by atoms with E-state index in [0.29, 0.717) is 41.0 Å². The molecule has 0 radical (unpaired) electrons. The zero-order valence-corrected chi connectivity index (χ0v) is 20.5. The summed E-state index contributed by atoms with van der Waals surface area (Å²) in [6, 6.07) is 7.34. The standard InChI is InChI=1S/C25H27N3O6S/c1-4-34-19-11-15(5-6-18(19)29)23-20-21(17-10-13(2)9-14(3)24(17)30)26-27-22(20)25(31)28(23)16-7-8-35(32,33)12-16/h5-6,9-11,16,23,29-30H,4,7-8,12H2,1-3H3,(H,26,27). The number of aromatic amines is 1. The summed E-state index contributed by atoms with van der Waals surface area (Å²) in [4.78, 5) is 15.2. The van der Waals surface area contributed by atoms with E-state index >= 15 is 0 Å². The van der Waals surface area contributed by atoms with E-state index in [1.807, 2.05) is 19.1 Å². The Morgan fingerprint density at radius 3 is 2.66 bits per heavy atom. The van der Waals surface area contributed by atoms with Crippen molar-refractivity contribution in [2.45, 2.75) is 39.3 Å². The van der Waals surface area contributed by atoms with Gasteiger partial charge in [0.2, 0.25) is 0 Å². The Balaban J connectivity index is 1.72. The Morgan fingerprint density at radius 1 is 1.20 bits per heavy atom. The van der Waals surface area contributed by atoms with Crippen LogP contribution in [-0.2, 0) is 9.84 Å². The molecule has 184 valence electrons. The van der Waals surface area contributed by atoms with E-state index in [4.69, 9.17) is 4.74 Å². The average Bonchev–Trinajstić information content (AvgIpc) is 3.46. The molecule has 1 aromatic heterocycles. The number of phenols is 2. The van der Waals surface area contributed by atoms with Gasteiger partial charge in [0.25, 0.3) is 5.91 Å². The summed E-state index contributed by atoms with van der Waals surface area (Å²) < 4.78 is 30.2. The molecule has 35 heavy (non-hydrogen) atoms. The fraction of sp³-hybridized carbons (Fsp3) is 0.360. The van der Waals surface area contributed by atoms with E-state index in [2.05, 4.69) is 10.2 Å². The molecule has 9 nitrogen and oxygen atoms in total. The first-order valence-corrected chi connectivity index (χ1v) is 13.3. The molecule has 0 saturated carbocycles. The number of hydrogen-bond acceptors (Lipinski definition) is 7. The van der Waals surface area contributed by atoms with Gasteiger partial charge in [-0.1, -0.05) is 12.1 Å². The van der Waals surface area contributed by atoms with Gasteiger partial charge < -0.3 is 19.8 Å². The van der Waals surface area contributed by atoms with Crippen molar-refractivity contribution in [3.8, 4) is 28.5 Å². The quantitative estimate of drug-likeness (QED) is 0.493. The number of nitrogens with zero attached hydrogens (tertiary/aromatic N) is 2. The molecule has 2 aliphatic heterocycles. The predicted molar refractivity (Wildman–Crippen MR) is 130 cm³/mol. The van der Waals surface area contributed by atoms with Gasteiger partial charge >= 0.3 is 0 Å². The van der Waals surface area contributed by atoms with E-state index in [1.165, 1.54) is 6.07 Å². The third kappa shape index (κ3) is 3.81. The Bertz CT molecular complexity index is 1450. The first-order valence-electron chi connectivity index (χ1n) is 11.5. The number of sulfone groups is 1. The van der Waals surface area contributed by atoms with Gasteiger partial charge in [-0.05, 0) is 62.1 Å². The predicted octanol–water partition coefficient (Wildman–Crippen LogP) is 3.24. The van der Waals surface area contributed by atoms with Crippen molar-refractivity contribution >= 4 is 15.7 Å². The maximum absolute atomic E-state index is 13.6. The second-order valence-corrected chi connectivity index (χ2v) is 11.4. The molecule has 3 N–H and O–H groups in total. The number of aromatic hydroxyl groups is 2. The molecule has 2 atom stereocenters. The smallest absolute Gasteiger partial charge is 0.273 e. The number of carbonyl (C=O) groups excluding carboxylic acids is 1. The van der Waals surface area contributed by atoms with Crippen LogP contribution in [0.1, 0.15) is 52.1 Å². The van der Waals surface area contributed by atoms with Crippen LogP contribution in [0.25, 0.3) is 11.3 Å². The third-order valence-electron chi connectivity index (χ3n) is 6.71. The number of aromatic nitrogens is 2. The van der Waals surface area contributed by atoms with E-state index in [1.54, 1.807) is 30.9 Å². The molecule has 1 saturated heterocycles. The highest BCUT2D eigenvalue weighted by Gasteiger charge is 2.48. The number of benzene rings is 2. The van der Waals surface area contributed by atoms with Gasteiger partial charge in [0.1, 0.15) is 17.1 Å². The molecule has 2 unspecified atom stereocenters. The second-order valence-electron chi connectivity index (χ2n) is 9.17. The Labute approximate surface area is 203 Å². The largest absolute Gasteiger partial charge is 0.507 e. The van der Waals surface area contributed by atoms with Crippen molar-refractivity contribution < 1.29 is 28.2 Å². The SMILES string of the molecule is CCOc1cc(C2c3c(-c4cc(C)cc(C)c4O)n[nH]c3C(=O)N2C2CCS(=O)(=O)C2)ccc1O. The summed E-state index contributed by atoms with van der Waals surface area (Å²) in [5.41, 5.74) is 4.00. The van der Waals surface area contributed by atoms with Gasteiger partial charge in [0.15, 0.2) is 21.3 Å². The Hall–Kier alpha value is -3.53. The van der Waals surface area contributed by atoms with E-state index < -0.39 is 21.9 Å². The zero-order chi connectivity index (χ0) is 25.1. The topological polar surface area (TPSA) is 133 Å². The van der Waals surface area contributed by atoms with Crippen LogP contribution in [0, 0.1) is 13.8 Å². The molecule has 3 aromatic rings. The molecule has 2 aromatic carbocycles. The highest BCUT2D eigenvalue weighted by Crippen LogP contribution is 2.48. The van der Waals surface area contributed by atoms with Gasteiger partial charge in [-0.3, -0.25) is 9.89 Å². The lowest BCUT2D eigenvalue weighted by Gasteiger charge is -2.31. The molecular weight excluding hydrogens is 470 g/mol. The number of hydrogen-bond donors (Lipinski definition) is 3. The van der Waals surface area contributed by atoms with Gasteiger partial charge in [-0.15, -0.1) is 0 Å². The summed E-state index contributed by atoms with van der Waals surface area (Å²) >= 11 is 0. The van der Waals surface area contributed by atoms with Crippen molar-refractivity contribution in [2.75, 3.05) is 18.1 Å². The van der Waals surface area contributed by atoms with Crippen LogP contribution in [0.3, 0.4) is 0 Å². The number of amides is 1. The minimum absolute atomic E-state index is 0.0187. The highest BCUT2D eigenvalue weighted by molar-refractivity contribution is 7.91. The lowest BCUT2D eigenvalue weighted by Crippen LogP contribution is -2.40. The van der Waals surface area contributed by atoms with Crippen LogP contribution in [0.15, 0.2) is 30.3 Å². The summed E-state index contributed by atoms with van der Waals surface area (Å²) in [6.45, 7) is 5.85. The molecular formula is C25H27N3O6S. The summed E-state index contributed by atoms with van der Waals surface area (Å²) in [5.74, 6) is -0.142. The summed E-state index contributed by atoms with van der Waals surface area (Å²) in [5, 5.41) is 28.4. The lowest BCUT2D eigenvalue weighted by molar-refractivity contribution is 0.0677. The first-order chi connectivity index (χ1) is 16.6. The van der Waals surface area contributed by atoms with Gasteiger partial charge in [0.05, 0.1) is 24.2 Å². The molecule has 5 rings (SSSR count). The lowest BCUT2D eigenvalue weighted by atomic mass is 9.93. The molecule has 0 aliphatic carbocycles. The molecule has 3 heterocycles. The van der Waals surface area contributed by atoms with Crippen LogP contribution < -0.4 is 4.74 Å². The maximum Gasteiger partial charge on any atom is 0.273 e. The van der Waals surface area contributed by atoms with Crippen LogP contribution >= 0.6 is 0 Å². The van der Waals surface area contributed by atoms with Crippen LogP contribution in [0.5, 0.6) is 17.2 Å². The van der Waals surface area contributed by atoms with Crippen molar-refractivity contribution in [3.63, 3.8) is 0 Å². The number of nitrogens with one attached hydrogen (secondary N) is 1. The number of carbonyl (C=O) groups is 1. The molecule has 2 aliphatic rings. The number of rotatable bonds is 5. The number of H-pyrrole nitrogens is 1. The molecule has 0 bridgehead atoms. The zero-order valence-electron chi connectivity index (χ0n) is 19.7. The molecule has 1 amide bonds. The van der Waals surface area contributed by atoms with E-state index in [-0.39, 0.29) is 40.4 Å². The van der Waals surface area contributed by atoms with E-state index in [0.717, 1.165) is 5.56 Å². The average molecular weight is 498 g/mol. The Morgan fingerprint density at radius 2 is 1.97 bits per heavy atom. The number of aryl methyl sites for hydroxylation is 2. The highest BCUT2D eigenvalue weighted by atomic mass is 32.2. The molecule has 1 fully saturated rings. The first kappa shape index (κ1) is 23.2. The fourth-order valence-electron chi connectivity index (χ4n) is 5.18. The minimum Gasteiger partial charge on any atom is -0.507 e. The fourth-order valence-corrected chi connectivity index (χ4v) is 6.89.